The predicted molar refractivity (Wildman–Crippen MR) is 57.0 cm³/mol. The van der Waals surface area contributed by atoms with E-state index in [2.05, 4.69) is 10.1 Å². The van der Waals surface area contributed by atoms with E-state index >= 15 is 0 Å². The third kappa shape index (κ3) is 2.69. The molecule has 0 amide bonds. The lowest BCUT2D eigenvalue weighted by atomic mass is 10.3. The molecule has 0 saturated carbocycles. The molecule has 72 valence electrons. The summed E-state index contributed by atoms with van der Waals surface area (Å²) in [5, 5.41) is 8.68. The largest absolute Gasteiger partial charge is 0.375 e. The maximum Gasteiger partial charge on any atom is 0.180 e. The van der Waals surface area contributed by atoms with E-state index in [0.29, 0.717) is 5.13 Å². The lowest BCUT2D eigenvalue weighted by molar-refractivity contribution is 0.375. The molecule has 0 aliphatic heterocycles. The highest BCUT2D eigenvalue weighted by Gasteiger charge is 2.02. The molecule has 0 bridgehead atoms. The van der Waals surface area contributed by atoms with E-state index in [0.717, 1.165) is 18.0 Å². The predicted octanol–water partition coefficient (Wildman–Crippen LogP) is 1.40. The van der Waals surface area contributed by atoms with Gasteiger partial charge in [-0.05, 0) is 13.8 Å². The van der Waals surface area contributed by atoms with Gasteiger partial charge in [0.2, 0.25) is 0 Å². The first-order valence-corrected chi connectivity index (χ1v) is 4.99. The van der Waals surface area contributed by atoms with Crippen molar-refractivity contribution in [1.29, 1.82) is 0 Å². The molecule has 0 radical (unpaired) electrons. The van der Waals surface area contributed by atoms with E-state index in [4.69, 9.17) is 5.73 Å². The quantitative estimate of drug-likeness (QED) is 0.590. The monoisotopic (exact) mass is 198 g/mol. The Balaban J connectivity index is 2.78. The van der Waals surface area contributed by atoms with Crippen LogP contribution in [0.2, 0.25) is 0 Å². The van der Waals surface area contributed by atoms with Gasteiger partial charge >= 0.3 is 0 Å². The average molecular weight is 198 g/mol. The zero-order chi connectivity index (χ0) is 9.84. The Kier molecular flexibility index (Phi) is 3.25. The van der Waals surface area contributed by atoms with Gasteiger partial charge in [0, 0.05) is 19.0 Å². The van der Waals surface area contributed by atoms with Gasteiger partial charge in [0.25, 0.3) is 0 Å². The first-order chi connectivity index (χ1) is 6.13. The van der Waals surface area contributed by atoms with Crippen molar-refractivity contribution < 1.29 is 0 Å². The van der Waals surface area contributed by atoms with Gasteiger partial charge in [-0.15, -0.1) is 11.3 Å². The number of nitrogen functional groups attached to an aromatic ring is 1. The van der Waals surface area contributed by atoms with Gasteiger partial charge in [0.1, 0.15) is 0 Å². The highest BCUT2D eigenvalue weighted by molar-refractivity contribution is 7.13. The summed E-state index contributed by atoms with van der Waals surface area (Å²) >= 11 is 1.43. The third-order valence-electron chi connectivity index (χ3n) is 1.67. The first-order valence-electron chi connectivity index (χ1n) is 4.11. The van der Waals surface area contributed by atoms with Crippen LogP contribution in [0.3, 0.4) is 0 Å². The molecule has 1 heterocycles. The van der Waals surface area contributed by atoms with Gasteiger partial charge in [0.05, 0.1) is 11.4 Å². The number of hydrazone groups is 1. The molecular weight excluding hydrogens is 184 g/mol. The molecule has 0 aliphatic rings. The Bertz CT molecular complexity index is 305. The van der Waals surface area contributed by atoms with Gasteiger partial charge in [-0.1, -0.05) is 0 Å². The maximum absolute atomic E-state index is 5.52. The van der Waals surface area contributed by atoms with Gasteiger partial charge < -0.3 is 10.7 Å². The molecule has 2 N–H and O–H groups in total. The Morgan fingerprint density at radius 3 is 2.92 bits per heavy atom. The number of anilines is 1. The maximum atomic E-state index is 5.52. The molecule has 0 fully saturated rings. The van der Waals surface area contributed by atoms with Crippen LogP contribution in [0.15, 0.2) is 10.5 Å². The van der Waals surface area contributed by atoms with Crippen molar-refractivity contribution in [2.24, 2.45) is 5.10 Å². The summed E-state index contributed by atoms with van der Waals surface area (Å²) in [4.78, 5) is 4.14. The molecule has 4 nitrogen and oxygen atoms in total. The lowest BCUT2D eigenvalue weighted by Gasteiger charge is -2.09. The highest BCUT2D eigenvalue weighted by Crippen LogP contribution is 2.11. The van der Waals surface area contributed by atoms with Crippen LogP contribution in [-0.2, 0) is 0 Å². The standard InChI is InChI=1S/C8H14N4S/c1-4-12(3)11-6(2)7-5-13-8(9)10-7/h5H,4H2,1-3H3,(H2,9,10)/b11-6+. The van der Waals surface area contributed by atoms with Crippen molar-refractivity contribution in [3.63, 3.8) is 0 Å². The van der Waals surface area contributed by atoms with Crippen molar-refractivity contribution in [1.82, 2.24) is 9.99 Å². The van der Waals surface area contributed by atoms with Crippen molar-refractivity contribution in [2.45, 2.75) is 13.8 Å². The van der Waals surface area contributed by atoms with Gasteiger partial charge in [-0.25, -0.2) is 4.98 Å². The molecule has 0 spiro atoms. The second kappa shape index (κ2) is 4.23. The van der Waals surface area contributed by atoms with Crippen LogP contribution in [0, 0.1) is 0 Å². The normalized spacial score (nSPS) is 11.8. The SMILES string of the molecule is CCN(C)/N=C(\C)c1csc(N)n1. The van der Waals surface area contributed by atoms with Crippen molar-refractivity contribution in [3.8, 4) is 0 Å². The molecule has 1 aromatic heterocycles. The highest BCUT2D eigenvalue weighted by atomic mass is 32.1. The fraction of sp³-hybridized carbons (Fsp3) is 0.500. The summed E-state index contributed by atoms with van der Waals surface area (Å²) in [6.45, 7) is 4.86. The minimum Gasteiger partial charge on any atom is -0.375 e. The second-order valence-corrected chi connectivity index (χ2v) is 3.62. The van der Waals surface area contributed by atoms with E-state index < -0.39 is 0 Å². The number of thiazole rings is 1. The van der Waals surface area contributed by atoms with E-state index in [9.17, 15) is 0 Å². The van der Waals surface area contributed by atoms with Crippen LogP contribution in [0.4, 0.5) is 5.13 Å². The number of aromatic nitrogens is 1. The number of nitrogens with zero attached hydrogens (tertiary/aromatic N) is 3. The smallest absolute Gasteiger partial charge is 0.180 e. The fourth-order valence-electron chi connectivity index (χ4n) is 0.832. The molecule has 1 rings (SSSR count). The Morgan fingerprint density at radius 1 is 1.77 bits per heavy atom. The summed E-state index contributed by atoms with van der Waals surface area (Å²) in [7, 11) is 1.93. The molecule has 13 heavy (non-hydrogen) atoms. The van der Waals surface area contributed by atoms with Crippen molar-refractivity contribution in [2.75, 3.05) is 19.3 Å². The van der Waals surface area contributed by atoms with E-state index in [1.165, 1.54) is 11.3 Å². The second-order valence-electron chi connectivity index (χ2n) is 2.73. The molecule has 5 heteroatoms. The van der Waals surface area contributed by atoms with E-state index in [1.807, 2.05) is 31.3 Å². The molecular formula is C8H14N4S. The zero-order valence-corrected chi connectivity index (χ0v) is 8.93. The minimum absolute atomic E-state index is 0.587. The molecule has 0 aliphatic carbocycles. The average Bonchev–Trinajstić information content (AvgIpc) is 2.51. The molecule has 0 atom stereocenters. The number of hydrogen-bond donors (Lipinski definition) is 1. The third-order valence-corrected chi connectivity index (χ3v) is 2.34. The minimum atomic E-state index is 0.587. The lowest BCUT2D eigenvalue weighted by Crippen LogP contribution is -2.13. The Hall–Kier alpha value is -1.10. The summed E-state index contributed by atoms with van der Waals surface area (Å²) in [6, 6.07) is 0. The molecule has 0 saturated heterocycles. The fourth-order valence-corrected chi connectivity index (χ4v) is 1.44. The number of rotatable bonds is 3. The summed E-state index contributed by atoms with van der Waals surface area (Å²) in [6.07, 6.45) is 0. The molecule has 0 unspecified atom stereocenters. The van der Waals surface area contributed by atoms with Crippen LogP contribution < -0.4 is 5.73 Å². The zero-order valence-electron chi connectivity index (χ0n) is 8.11. The van der Waals surface area contributed by atoms with E-state index in [-0.39, 0.29) is 0 Å². The van der Waals surface area contributed by atoms with Crippen LogP contribution in [0.1, 0.15) is 19.5 Å². The van der Waals surface area contributed by atoms with Crippen molar-refractivity contribution >= 4 is 22.2 Å². The summed E-state index contributed by atoms with van der Waals surface area (Å²) in [5.74, 6) is 0. The summed E-state index contributed by atoms with van der Waals surface area (Å²) in [5.41, 5.74) is 7.28. The van der Waals surface area contributed by atoms with Gasteiger partial charge in [-0.3, -0.25) is 0 Å². The first kappa shape index (κ1) is 9.98. The number of nitrogens with two attached hydrogens (primary N) is 1. The Morgan fingerprint density at radius 2 is 2.46 bits per heavy atom. The van der Waals surface area contributed by atoms with Crippen LogP contribution in [-0.4, -0.2) is 29.3 Å². The number of hydrogen-bond acceptors (Lipinski definition) is 5. The molecule has 0 aromatic carbocycles. The van der Waals surface area contributed by atoms with Crippen LogP contribution in [0.5, 0.6) is 0 Å². The van der Waals surface area contributed by atoms with Crippen molar-refractivity contribution in [3.05, 3.63) is 11.1 Å². The summed E-state index contributed by atoms with van der Waals surface area (Å²) < 4.78 is 0. The van der Waals surface area contributed by atoms with Crippen LogP contribution in [0.25, 0.3) is 0 Å². The van der Waals surface area contributed by atoms with Gasteiger partial charge in [-0.2, -0.15) is 5.10 Å². The topological polar surface area (TPSA) is 54.5 Å². The van der Waals surface area contributed by atoms with E-state index in [1.54, 1.807) is 0 Å². The Labute approximate surface area is 82.1 Å². The molecule has 1 aromatic rings. The van der Waals surface area contributed by atoms with Gasteiger partial charge in [0.15, 0.2) is 5.13 Å². The van der Waals surface area contributed by atoms with Crippen LogP contribution >= 0.6 is 11.3 Å².